The van der Waals surface area contributed by atoms with Crippen LogP contribution in [0.3, 0.4) is 0 Å². The molecule has 0 saturated heterocycles. The maximum absolute atomic E-state index is 12.8. The van der Waals surface area contributed by atoms with E-state index >= 15 is 0 Å². The van der Waals surface area contributed by atoms with Crippen LogP contribution >= 0.6 is 0 Å². The minimum Gasteiger partial charge on any atom is -0.508 e. The minimum atomic E-state index is -4.59. The topological polar surface area (TPSA) is 80.0 Å². The first kappa shape index (κ1) is 19.4. The van der Waals surface area contributed by atoms with Crippen molar-refractivity contribution in [1.82, 2.24) is 14.8 Å². The summed E-state index contributed by atoms with van der Waals surface area (Å²) in [5, 5.41) is 16.0. The van der Waals surface area contributed by atoms with Crippen LogP contribution in [0.1, 0.15) is 16.1 Å². The molecule has 0 aliphatic rings. The molecule has 2 aromatic carbocycles. The van der Waals surface area contributed by atoms with E-state index in [2.05, 4.69) is 15.4 Å². The summed E-state index contributed by atoms with van der Waals surface area (Å²) in [4.78, 5) is 16.9. The normalized spacial score (nSPS) is 11.6. The number of halogens is 3. The highest BCUT2D eigenvalue weighted by atomic mass is 19.4. The molecule has 0 saturated carbocycles. The predicted molar refractivity (Wildman–Crippen MR) is 105 cm³/mol. The summed E-state index contributed by atoms with van der Waals surface area (Å²) in [7, 11) is 1.32. The molecule has 0 bridgehead atoms. The van der Waals surface area contributed by atoms with Crippen molar-refractivity contribution >= 4 is 22.6 Å². The van der Waals surface area contributed by atoms with Gasteiger partial charge >= 0.3 is 6.18 Å². The fraction of sp³-hybridized carbons (Fsp3) is 0.0952. The van der Waals surface area contributed by atoms with Crippen molar-refractivity contribution in [2.24, 2.45) is 7.05 Å². The summed E-state index contributed by atoms with van der Waals surface area (Å²) in [5.74, 6) is -0.472. The number of anilines is 1. The van der Waals surface area contributed by atoms with Gasteiger partial charge in [-0.3, -0.25) is 14.5 Å². The summed E-state index contributed by atoms with van der Waals surface area (Å²) >= 11 is 0. The Bertz CT molecular complexity index is 1250. The molecule has 0 fully saturated rings. The second-order valence-corrected chi connectivity index (χ2v) is 6.67. The Labute approximate surface area is 168 Å². The van der Waals surface area contributed by atoms with Crippen LogP contribution in [0.5, 0.6) is 5.75 Å². The zero-order chi connectivity index (χ0) is 21.5. The molecular formula is C21H15F3N4O2. The Morgan fingerprint density at radius 1 is 1.03 bits per heavy atom. The molecule has 0 spiro atoms. The Kier molecular flexibility index (Phi) is 4.65. The SMILES string of the molecule is Cn1nc(C(F)(F)F)cc1NC(=O)c1ccc2cc(-c3ccc(O)cc3)cnc2c1. The lowest BCUT2D eigenvalue weighted by molar-refractivity contribution is -0.141. The third kappa shape index (κ3) is 3.82. The molecule has 30 heavy (non-hydrogen) atoms. The monoisotopic (exact) mass is 412 g/mol. The first-order valence-electron chi connectivity index (χ1n) is 8.82. The largest absolute Gasteiger partial charge is 0.508 e. The van der Waals surface area contributed by atoms with Crippen molar-refractivity contribution in [1.29, 1.82) is 0 Å². The van der Waals surface area contributed by atoms with E-state index in [1.807, 2.05) is 6.07 Å². The second kappa shape index (κ2) is 7.18. The van der Waals surface area contributed by atoms with E-state index < -0.39 is 17.8 Å². The number of aromatic nitrogens is 3. The van der Waals surface area contributed by atoms with Gasteiger partial charge in [0, 0.05) is 35.8 Å². The molecule has 0 unspecified atom stereocenters. The molecule has 0 radical (unpaired) electrons. The summed E-state index contributed by atoms with van der Waals surface area (Å²) in [6.07, 6.45) is -2.95. The fourth-order valence-corrected chi connectivity index (χ4v) is 2.99. The third-order valence-electron chi connectivity index (χ3n) is 4.56. The Hall–Kier alpha value is -3.88. The lowest BCUT2D eigenvalue weighted by atomic mass is 10.0. The average molecular weight is 412 g/mol. The van der Waals surface area contributed by atoms with Gasteiger partial charge in [0.2, 0.25) is 0 Å². The van der Waals surface area contributed by atoms with Crippen LogP contribution < -0.4 is 5.32 Å². The summed E-state index contributed by atoms with van der Waals surface area (Å²) in [6, 6.07) is 14.2. The average Bonchev–Trinajstić information content (AvgIpc) is 3.08. The number of pyridine rings is 1. The molecule has 4 rings (SSSR count). The van der Waals surface area contributed by atoms with Gasteiger partial charge in [0.1, 0.15) is 11.6 Å². The van der Waals surface area contributed by atoms with Crippen molar-refractivity contribution in [3.63, 3.8) is 0 Å². The number of rotatable bonds is 3. The number of carbonyl (C=O) groups is 1. The minimum absolute atomic E-state index is 0.0666. The van der Waals surface area contributed by atoms with E-state index in [9.17, 15) is 23.1 Å². The molecule has 2 aromatic heterocycles. The highest BCUT2D eigenvalue weighted by Crippen LogP contribution is 2.30. The zero-order valence-corrected chi connectivity index (χ0v) is 15.6. The van der Waals surface area contributed by atoms with Gasteiger partial charge in [-0.15, -0.1) is 0 Å². The second-order valence-electron chi connectivity index (χ2n) is 6.67. The van der Waals surface area contributed by atoms with E-state index in [0.717, 1.165) is 27.3 Å². The van der Waals surface area contributed by atoms with Gasteiger partial charge < -0.3 is 10.4 Å². The number of hydrogen-bond donors (Lipinski definition) is 2. The molecule has 152 valence electrons. The van der Waals surface area contributed by atoms with Gasteiger partial charge in [-0.25, -0.2) is 0 Å². The number of hydrogen-bond acceptors (Lipinski definition) is 4. The van der Waals surface area contributed by atoms with Crippen LogP contribution in [0.15, 0.2) is 60.8 Å². The highest BCUT2D eigenvalue weighted by molar-refractivity contribution is 6.05. The van der Waals surface area contributed by atoms with Gasteiger partial charge in [0.15, 0.2) is 5.69 Å². The van der Waals surface area contributed by atoms with Gasteiger partial charge in [0.05, 0.1) is 5.52 Å². The lowest BCUT2D eigenvalue weighted by Crippen LogP contribution is -2.14. The van der Waals surface area contributed by atoms with Crippen LogP contribution in [-0.4, -0.2) is 25.8 Å². The van der Waals surface area contributed by atoms with Crippen LogP contribution in [0.25, 0.3) is 22.0 Å². The number of nitrogens with zero attached hydrogens (tertiary/aromatic N) is 3. The number of phenolic OH excluding ortho intramolecular Hbond substituents is 1. The number of fused-ring (bicyclic) bond motifs is 1. The van der Waals surface area contributed by atoms with E-state index in [1.165, 1.54) is 7.05 Å². The van der Waals surface area contributed by atoms with Gasteiger partial charge in [-0.1, -0.05) is 18.2 Å². The molecule has 6 nitrogen and oxygen atoms in total. The van der Waals surface area contributed by atoms with E-state index in [4.69, 9.17) is 0 Å². The maximum atomic E-state index is 12.8. The highest BCUT2D eigenvalue weighted by Gasteiger charge is 2.34. The number of aromatic hydroxyl groups is 1. The van der Waals surface area contributed by atoms with E-state index in [-0.39, 0.29) is 17.1 Å². The molecule has 0 aliphatic heterocycles. The number of benzene rings is 2. The van der Waals surface area contributed by atoms with Crippen LogP contribution in [-0.2, 0) is 13.2 Å². The van der Waals surface area contributed by atoms with Crippen LogP contribution in [0.4, 0.5) is 19.0 Å². The van der Waals surface area contributed by atoms with Gasteiger partial charge in [-0.05, 0) is 35.9 Å². The van der Waals surface area contributed by atoms with Gasteiger partial charge in [-0.2, -0.15) is 18.3 Å². The Balaban J connectivity index is 1.59. The first-order chi connectivity index (χ1) is 14.2. The number of carbonyl (C=O) groups excluding carboxylic acids is 1. The van der Waals surface area contributed by atoms with Crippen molar-refractivity contribution in [3.8, 4) is 16.9 Å². The number of amides is 1. The zero-order valence-electron chi connectivity index (χ0n) is 15.6. The number of phenols is 1. The Morgan fingerprint density at radius 3 is 2.43 bits per heavy atom. The molecule has 1 amide bonds. The molecule has 4 aromatic rings. The van der Waals surface area contributed by atoms with Crippen molar-refractivity contribution in [2.45, 2.75) is 6.18 Å². The summed E-state index contributed by atoms with van der Waals surface area (Å²) in [6.45, 7) is 0. The number of alkyl halides is 3. The fourth-order valence-electron chi connectivity index (χ4n) is 2.99. The quantitative estimate of drug-likeness (QED) is 0.515. The first-order valence-corrected chi connectivity index (χ1v) is 8.82. The molecular weight excluding hydrogens is 397 g/mol. The summed E-state index contributed by atoms with van der Waals surface area (Å²) < 4.78 is 39.3. The molecule has 2 N–H and O–H groups in total. The predicted octanol–water partition coefficient (Wildman–Crippen LogP) is 4.61. The van der Waals surface area contributed by atoms with E-state index in [0.29, 0.717) is 5.52 Å². The van der Waals surface area contributed by atoms with Crippen molar-refractivity contribution in [3.05, 3.63) is 72.1 Å². The number of nitrogens with one attached hydrogen (secondary N) is 1. The maximum Gasteiger partial charge on any atom is 0.435 e. The third-order valence-corrected chi connectivity index (χ3v) is 4.56. The van der Waals surface area contributed by atoms with Crippen molar-refractivity contribution < 1.29 is 23.1 Å². The number of aryl methyl sites for hydroxylation is 1. The van der Waals surface area contributed by atoms with E-state index in [1.54, 1.807) is 48.7 Å². The molecule has 0 atom stereocenters. The van der Waals surface area contributed by atoms with Crippen LogP contribution in [0, 0.1) is 0 Å². The van der Waals surface area contributed by atoms with Crippen LogP contribution in [0.2, 0.25) is 0 Å². The smallest absolute Gasteiger partial charge is 0.435 e. The molecule has 9 heteroatoms. The summed E-state index contributed by atoms with van der Waals surface area (Å²) in [5.41, 5.74) is 1.45. The standard InChI is InChI=1S/C21H15F3N4O2/c1-28-19(10-18(27-28)21(22,23)24)26-20(30)14-3-2-13-8-15(11-25-17(13)9-14)12-4-6-16(29)7-5-12/h2-11,29H,1H3,(H,26,30). The van der Waals surface area contributed by atoms with Gasteiger partial charge in [0.25, 0.3) is 5.91 Å². The molecule has 2 heterocycles. The Morgan fingerprint density at radius 2 is 1.77 bits per heavy atom. The lowest BCUT2D eigenvalue weighted by Gasteiger charge is -2.07. The molecule has 0 aliphatic carbocycles. The van der Waals surface area contributed by atoms with Crippen molar-refractivity contribution in [2.75, 3.05) is 5.32 Å².